The lowest BCUT2D eigenvalue weighted by molar-refractivity contribution is 0.0224. The van der Waals surface area contributed by atoms with Gasteiger partial charge in [-0.05, 0) is 56.5 Å². The van der Waals surface area contributed by atoms with E-state index in [0.717, 1.165) is 28.5 Å². The molecule has 1 aliphatic rings. The first-order valence-electron chi connectivity index (χ1n) is 11.1. The van der Waals surface area contributed by atoms with Crippen molar-refractivity contribution in [3.05, 3.63) is 64.5 Å². The maximum Gasteiger partial charge on any atom is 0.410 e. The number of aromatic nitrogens is 2. The van der Waals surface area contributed by atoms with Crippen molar-refractivity contribution >= 4 is 27.5 Å². The van der Waals surface area contributed by atoms with Crippen LogP contribution in [0, 0.1) is 11.6 Å². The standard InChI is InChI=1S/C26H23F2N3O3S/c1-26(2,3)34-25(33)31-9-8-14-10-15(4-5-16(14)12-31)22-21-19(28)13-35-24(21)23(30-29-22)18-7-6-17(27)11-20(18)32/h4-7,10-11,13,32H,8-9,12H2,1-3H3. The molecule has 35 heavy (non-hydrogen) atoms. The summed E-state index contributed by atoms with van der Waals surface area (Å²) < 4.78 is 34.4. The predicted octanol–water partition coefficient (Wildman–Crippen LogP) is 6.30. The van der Waals surface area contributed by atoms with Gasteiger partial charge in [0.15, 0.2) is 0 Å². The summed E-state index contributed by atoms with van der Waals surface area (Å²) in [4.78, 5) is 14.1. The van der Waals surface area contributed by atoms with E-state index < -0.39 is 17.2 Å². The highest BCUT2D eigenvalue weighted by Gasteiger charge is 2.27. The third kappa shape index (κ3) is 4.43. The first-order valence-corrected chi connectivity index (χ1v) is 12.0. The maximum absolute atomic E-state index is 14.9. The minimum Gasteiger partial charge on any atom is -0.507 e. The van der Waals surface area contributed by atoms with Gasteiger partial charge < -0.3 is 14.7 Å². The van der Waals surface area contributed by atoms with Gasteiger partial charge in [-0.3, -0.25) is 0 Å². The monoisotopic (exact) mass is 495 g/mol. The van der Waals surface area contributed by atoms with Crippen LogP contribution in [0.15, 0.2) is 41.8 Å². The van der Waals surface area contributed by atoms with E-state index >= 15 is 0 Å². The number of phenols is 1. The van der Waals surface area contributed by atoms with Crippen molar-refractivity contribution < 1.29 is 23.4 Å². The summed E-state index contributed by atoms with van der Waals surface area (Å²) in [6.07, 6.45) is 0.284. The summed E-state index contributed by atoms with van der Waals surface area (Å²) in [5, 5.41) is 20.5. The number of carbonyl (C=O) groups is 1. The Morgan fingerprint density at radius 2 is 1.86 bits per heavy atom. The molecule has 1 N–H and O–H groups in total. The quantitative estimate of drug-likeness (QED) is 0.353. The molecule has 0 unspecified atom stereocenters. The fraction of sp³-hybridized carbons (Fsp3) is 0.269. The predicted molar refractivity (Wildman–Crippen MR) is 130 cm³/mol. The molecule has 0 bridgehead atoms. The summed E-state index contributed by atoms with van der Waals surface area (Å²) in [5.74, 6) is -1.30. The fourth-order valence-corrected chi connectivity index (χ4v) is 5.11. The lowest BCUT2D eigenvalue weighted by Crippen LogP contribution is -2.39. The number of aromatic hydroxyl groups is 1. The minimum absolute atomic E-state index is 0.282. The average molecular weight is 496 g/mol. The number of carbonyl (C=O) groups excluding carboxylic acids is 1. The van der Waals surface area contributed by atoms with Gasteiger partial charge in [-0.15, -0.1) is 21.5 Å². The molecular weight excluding hydrogens is 472 g/mol. The van der Waals surface area contributed by atoms with E-state index in [0.29, 0.717) is 46.5 Å². The summed E-state index contributed by atoms with van der Waals surface area (Å²) in [6, 6.07) is 9.32. The van der Waals surface area contributed by atoms with Crippen molar-refractivity contribution in [3.63, 3.8) is 0 Å². The highest BCUT2D eigenvalue weighted by Crippen LogP contribution is 2.40. The molecule has 0 atom stereocenters. The van der Waals surface area contributed by atoms with Crippen molar-refractivity contribution in [1.82, 2.24) is 15.1 Å². The number of phenolic OH excluding ortho intramolecular Hbond substituents is 1. The molecule has 2 aromatic carbocycles. The van der Waals surface area contributed by atoms with Crippen LogP contribution in [0.25, 0.3) is 32.6 Å². The number of ether oxygens (including phenoxy) is 1. The molecule has 1 aliphatic heterocycles. The Hall–Kier alpha value is -3.59. The maximum atomic E-state index is 14.9. The average Bonchev–Trinajstić information content (AvgIpc) is 3.19. The molecule has 2 aromatic heterocycles. The van der Waals surface area contributed by atoms with E-state index in [4.69, 9.17) is 4.74 Å². The number of fused-ring (bicyclic) bond motifs is 2. The number of halogens is 2. The highest BCUT2D eigenvalue weighted by molar-refractivity contribution is 7.17. The first kappa shape index (κ1) is 23.2. The SMILES string of the molecule is CC(C)(C)OC(=O)N1CCc2cc(-c3nnc(-c4ccc(F)cc4O)c4scc(F)c34)ccc2C1. The van der Waals surface area contributed by atoms with Crippen LogP contribution in [0.4, 0.5) is 13.6 Å². The number of thiophene rings is 1. The molecule has 6 nitrogen and oxygen atoms in total. The minimum atomic E-state index is -0.580. The lowest BCUT2D eigenvalue weighted by atomic mass is 9.95. The van der Waals surface area contributed by atoms with Gasteiger partial charge in [-0.2, -0.15) is 0 Å². The van der Waals surface area contributed by atoms with Crippen molar-refractivity contribution in [2.75, 3.05) is 6.54 Å². The second-order valence-corrected chi connectivity index (χ2v) is 10.4. The number of amides is 1. The summed E-state index contributed by atoms with van der Waals surface area (Å²) in [7, 11) is 0. The van der Waals surface area contributed by atoms with E-state index in [1.54, 1.807) is 4.90 Å². The Kier molecular flexibility index (Phi) is 5.67. The largest absolute Gasteiger partial charge is 0.507 e. The Morgan fingerprint density at radius 3 is 2.60 bits per heavy atom. The molecule has 0 spiro atoms. The van der Waals surface area contributed by atoms with Gasteiger partial charge >= 0.3 is 6.09 Å². The zero-order chi connectivity index (χ0) is 24.9. The van der Waals surface area contributed by atoms with Crippen molar-refractivity contribution in [3.8, 4) is 28.3 Å². The molecular formula is C26H23F2N3O3S. The van der Waals surface area contributed by atoms with Crippen LogP contribution in [0.3, 0.4) is 0 Å². The van der Waals surface area contributed by atoms with E-state index in [1.807, 2.05) is 39.0 Å². The topological polar surface area (TPSA) is 75.5 Å². The molecule has 0 saturated heterocycles. The molecule has 0 saturated carbocycles. The molecule has 1 amide bonds. The smallest absolute Gasteiger partial charge is 0.410 e. The lowest BCUT2D eigenvalue weighted by Gasteiger charge is -2.31. The number of hydrogen-bond donors (Lipinski definition) is 1. The van der Waals surface area contributed by atoms with Gasteiger partial charge in [0.1, 0.15) is 34.4 Å². The van der Waals surface area contributed by atoms with E-state index in [2.05, 4.69) is 10.2 Å². The van der Waals surface area contributed by atoms with Crippen molar-refractivity contribution in [2.24, 2.45) is 0 Å². The second-order valence-electron chi connectivity index (χ2n) is 9.48. The molecule has 3 heterocycles. The van der Waals surface area contributed by atoms with Crippen LogP contribution in [0.5, 0.6) is 5.75 Å². The third-order valence-corrected chi connectivity index (χ3v) is 6.76. The zero-order valence-corrected chi connectivity index (χ0v) is 20.2. The molecule has 5 rings (SSSR count). The molecule has 4 aromatic rings. The molecule has 0 aliphatic carbocycles. The summed E-state index contributed by atoms with van der Waals surface area (Å²) in [6.45, 7) is 6.46. The van der Waals surface area contributed by atoms with E-state index in [-0.39, 0.29) is 17.4 Å². The molecule has 9 heteroatoms. The van der Waals surface area contributed by atoms with Gasteiger partial charge in [0, 0.05) is 35.7 Å². The Morgan fingerprint density at radius 1 is 1.09 bits per heavy atom. The molecule has 0 fully saturated rings. The summed E-state index contributed by atoms with van der Waals surface area (Å²) >= 11 is 1.15. The van der Waals surface area contributed by atoms with Gasteiger partial charge in [0.05, 0.1) is 10.1 Å². The Labute approximate surface area is 204 Å². The van der Waals surface area contributed by atoms with Crippen LogP contribution in [0.1, 0.15) is 31.9 Å². The Balaban J connectivity index is 1.51. The van der Waals surface area contributed by atoms with E-state index in [9.17, 15) is 18.7 Å². The van der Waals surface area contributed by atoms with Gasteiger partial charge in [-0.1, -0.05) is 12.1 Å². The van der Waals surface area contributed by atoms with Crippen LogP contribution < -0.4 is 0 Å². The second kappa shape index (κ2) is 8.57. The number of nitrogens with zero attached hydrogens (tertiary/aromatic N) is 3. The van der Waals surface area contributed by atoms with Crippen LogP contribution in [-0.2, 0) is 17.7 Å². The van der Waals surface area contributed by atoms with Crippen LogP contribution in [-0.4, -0.2) is 38.4 Å². The van der Waals surface area contributed by atoms with Crippen molar-refractivity contribution in [1.29, 1.82) is 0 Å². The normalized spacial score (nSPS) is 13.7. The Bertz CT molecular complexity index is 1460. The van der Waals surface area contributed by atoms with Crippen molar-refractivity contribution in [2.45, 2.75) is 39.3 Å². The van der Waals surface area contributed by atoms with Gasteiger partial charge in [0.2, 0.25) is 0 Å². The van der Waals surface area contributed by atoms with Gasteiger partial charge in [0.25, 0.3) is 0 Å². The zero-order valence-electron chi connectivity index (χ0n) is 19.4. The summed E-state index contributed by atoms with van der Waals surface area (Å²) in [5.41, 5.74) is 3.15. The van der Waals surface area contributed by atoms with Crippen LogP contribution in [0.2, 0.25) is 0 Å². The van der Waals surface area contributed by atoms with Crippen LogP contribution >= 0.6 is 11.3 Å². The number of benzene rings is 2. The van der Waals surface area contributed by atoms with Gasteiger partial charge in [-0.25, -0.2) is 13.6 Å². The third-order valence-electron chi connectivity index (χ3n) is 5.81. The molecule has 180 valence electrons. The number of hydrogen-bond acceptors (Lipinski definition) is 6. The highest BCUT2D eigenvalue weighted by atomic mass is 32.1. The first-order chi connectivity index (χ1) is 16.6. The fourth-order valence-electron chi connectivity index (χ4n) is 4.19. The number of rotatable bonds is 2. The molecule has 0 radical (unpaired) electrons. The van der Waals surface area contributed by atoms with E-state index in [1.165, 1.54) is 17.5 Å².